The third-order valence-electron chi connectivity index (χ3n) is 6.64. The number of benzene rings is 4. The molecule has 0 spiro atoms. The first-order chi connectivity index (χ1) is 17.3. The van der Waals surface area contributed by atoms with E-state index in [0.717, 1.165) is 28.9 Å². The van der Waals surface area contributed by atoms with Gasteiger partial charge in [0.25, 0.3) is 0 Å². The minimum atomic E-state index is -3.62. The van der Waals surface area contributed by atoms with E-state index in [4.69, 9.17) is 0 Å². The molecule has 2 N–H and O–H groups in total. The monoisotopic (exact) mass is 497 g/mol. The number of rotatable bonds is 6. The van der Waals surface area contributed by atoms with Crippen LogP contribution in [0.2, 0.25) is 0 Å². The number of phenols is 2. The summed E-state index contributed by atoms with van der Waals surface area (Å²) in [7, 11) is -3.62. The molecule has 5 rings (SSSR count). The van der Waals surface area contributed by atoms with Gasteiger partial charge in [-0.3, -0.25) is 0 Å². The molecule has 0 amide bonds. The summed E-state index contributed by atoms with van der Waals surface area (Å²) in [6, 6.07) is 25.7. The van der Waals surface area contributed by atoms with Gasteiger partial charge in [-0.2, -0.15) is 0 Å². The predicted octanol–water partition coefficient (Wildman–Crippen LogP) is 6.99. The first kappa shape index (κ1) is 23.7. The van der Waals surface area contributed by atoms with Gasteiger partial charge < -0.3 is 15.1 Å². The Morgan fingerprint density at radius 2 is 1.58 bits per heavy atom. The van der Waals surface area contributed by atoms with E-state index in [9.17, 15) is 18.6 Å². The second kappa shape index (κ2) is 9.21. The summed E-state index contributed by atoms with van der Waals surface area (Å²) in [6.07, 6.45) is 2.24. The van der Waals surface area contributed by atoms with Crippen LogP contribution >= 0.6 is 0 Å². The van der Waals surface area contributed by atoms with E-state index in [1.165, 1.54) is 29.8 Å². The van der Waals surface area contributed by atoms with Gasteiger partial charge in [0.05, 0.1) is 16.7 Å². The molecule has 1 aliphatic heterocycles. The highest BCUT2D eigenvalue weighted by Crippen LogP contribution is 2.50. The molecule has 0 radical (unpaired) electrons. The Labute approximate surface area is 211 Å². The molecule has 4 aromatic carbocycles. The van der Waals surface area contributed by atoms with Crippen LogP contribution in [0.3, 0.4) is 0 Å². The van der Waals surface area contributed by atoms with E-state index in [0.29, 0.717) is 11.1 Å². The van der Waals surface area contributed by atoms with Gasteiger partial charge in [-0.1, -0.05) is 43.3 Å². The van der Waals surface area contributed by atoms with Crippen LogP contribution in [0.1, 0.15) is 24.9 Å². The van der Waals surface area contributed by atoms with Crippen molar-refractivity contribution in [2.45, 2.75) is 24.3 Å². The number of hydrogen-bond acceptors (Lipinski definition) is 5. The van der Waals surface area contributed by atoms with Crippen LogP contribution in [-0.4, -0.2) is 24.4 Å². The fourth-order valence-electron chi connectivity index (χ4n) is 5.06. The molecular weight excluding hydrogens is 470 g/mol. The van der Waals surface area contributed by atoms with Crippen LogP contribution < -0.4 is 4.90 Å². The molecule has 0 fully saturated rings. The summed E-state index contributed by atoms with van der Waals surface area (Å²) < 4.78 is 26.0. The zero-order valence-electron chi connectivity index (χ0n) is 19.9. The van der Waals surface area contributed by atoms with Gasteiger partial charge in [-0.25, -0.2) is 8.42 Å². The van der Waals surface area contributed by atoms with Crippen molar-refractivity contribution in [3.05, 3.63) is 103 Å². The maximum atomic E-state index is 13.0. The Hall–Kier alpha value is -4.03. The van der Waals surface area contributed by atoms with E-state index >= 15 is 0 Å². The molecule has 1 unspecified atom stereocenters. The van der Waals surface area contributed by atoms with Gasteiger partial charge in [0.1, 0.15) is 11.5 Å². The normalized spacial score (nSPS) is 14.7. The SMILES string of the molecule is C=CCS(=O)(=O)c1ccc(O)cc1-c1ccc2c(c1)-c1ccccc1C(CC)N2c1ccc(O)cc1. The third kappa shape index (κ3) is 4.03. The number of nitrogens with zero attached hydrogens (tertiary/aromatic N) is 1. The van der Waals surface area contributed by atoms with E-state index in [-0.39, 0.29) is 28.2 Å². The van der Waals surface area contributed by atoms with Gasteiger partial charge in [-0.15, -0.1) is 6.58 Å². The Kier molecular flexibility index (Phi) is 6.06. The highest BCUT2D eigenvalue weighted by atomic mass is 32.2. The lowest BCUT2D eigenvalue weighted by Gasteiger charge is -2.40. The molecule has 5 nitrogen and oxygen atoms in total. The van der Waals surface area contributed by atoms with Gasteiger partial charge in [0.15, 0.2) is 9.84 Å². The average Bonchev–Trinajstić information content (AvgIpc) is 2.88. The van der Waals surface area contributed by atoms with Crippen LogP contribution in [0.15, 0.2) is 102 Å². The van der Waals surface area contributed by atoms with Crippen molar-refractivity contribution in [2.75, 3.05) is 10.7 Å². The molecule has 0 saturated carbocycles. The smallest absolute Gasteiger partial charge is 0.182 e. The zero-order valence-corrected chi connectivity index (χ0v) is 20.7. The molecule has 1 aliphatic rings. The van der Waals surface area contributed by atoms with Crippen LogP contribution in [0, 0.1) is 0 Å². The molecule has 182 valence electrons. The van der Waals surface area contributed by atoms with E-state index in [2.05, 4.69) is 30.5 Å². The third-order valence-corrected chi connectivity index (χ3v) is 8.34. The quantitative estimate of drug-likeness (QED) is 0.281. The number of sulfone groups is 1. The van der Waals surface area contributed by atoms with Crippen LogP contribution in [0.4, 0.5) is 11.4 Å². The molecule has 1 atom stereocenters. The minimum absolute atomic E-state index is 0.00237. The fourth-order valence-corrected chi connectivity index (χ4v) is 6.34. The summed E-state index contributed by atoms with van der Waals surface area (Å²) in [4.78, 5) is 2.42. The number of fused-ring (bicyclic) bond motifs is 3. The predicted molar refractivity (Wildman–Crippen MR) is 145 cm³/mol. The van der Waals surface area contributed by atoms with Crippen molar-refractivity contribution in [3.63, 3.8) is 0 Å². The van der Waals surface area contributed by atoms with Gasteiger partial charge >= 0.3 is 0 Å². The highest BCUT2D eigenvalue weighted by Gasteiger charge is 2.31. The van der Waals surface area contributed by atoms with E-state index in [1.54, 1.807) is 12.1 Å². The Morgan fingerprint density at radius 3 is 2.31 bits per heavy atom. The lowest BCUT2D eigenvalue weighted by Crippen LogP contribution is -2.27. The van der Waals surface area contributed by atoms with Crippen molar-refractivity contribution < 1.29 is 18.6 Å². The second-order valence-electron chi connectivity index (χ2n) is 8.88. The van der Waals surface area contributed by atoms with Crippen molar-refractivity contribution in [2.24, 2.45) is 0 Å². The minimum Gasteiger partial charge on any atom is -0.508 e. The van der Waals surface area contributed by atoms with Crippen molar-refractivity contribution >= 4 is 21.2 Å². The molecule has 0 bridgehead atoms. The zero-order chi connectivity index (χ0) is 25.4. The summed E-state index contributed by atoms with van der Waals surface area (Å²) in [5.74, 6) is 0.0140. The van der Waals surface area contributed by atoms with Crippen molar-refractivity contribution in [3.8, 4) is 33.8 Å². The van der Waals surface area contributed by atoms with Crippen LogP contribution in [0.5, 0.6) is 11.5 Å². The van der Waals surface area contributed by atoms with Gasteiger partial charge in [0.2, 0.25) is 0 Å². The summed E-state index contributed by atoms with van der Waals surface area (Å²) in [5.41, 5.74) is 6.32. The summed E-state index contributed by atoms with van der Waals surface area (Å²) in [6.45, 7) is 5.73. The molecule has 1 heterocycles. The van der Waals surface area contributed by atoms with Crippen molar-refractivity contribution in [1.29, 1.82) is 0 Å². The number of anilines is 2. The van der Waals surface area contributed by atoms with E-state index in [1.807, 2.05) is 42.5 Å². The van der Waals surface area contributed by atoms with Gasteiger partial charge in [-0.05, 0) is 77.7 Å². The molecule has 36 heavy (non-hydrogen) atoms. The molecular formula is C30H27NO4S. The largest absolute Gasteiger partial charge is 0.508 e. The maximum absolute atomic E-state index is 13.0. The topological polar surface area (TPSA) is 77.8 Å². The lowest BCUT2D eigenvalue weighted by atomic mass is 9.85. The summed E-state index contributed by atoms with van der Waals surface area (Å²) in [5, 5.41) is 20.1. The number of phenolic OH excluding ortho intramolecular Hbond substituents is 2. The average molecular weight is 498 g/mol. The molecule has 0 aliphatic carbocycles. The van der Waals surface area contributed by atoms with Crippen LogP contribution in [-0.2, 0) is 9.84 Å². The Balaban J connectivity index is 1.75. The first-order valence-electron chi connectivity index (χ1n) is 11.8. The lowest BCUT2D eigenvalue weighted by molar-refractivity contribution is 0.474. The molecule has 0 saturated heterocycles. The van der Waals surface area contributed by atoms with E-state index < -0.39 is 9.84 Å². The fraction of sp³-hybridized carbons (Fsp3) is 0.133. The second-order valence-corrected chi connectivity index (χ2v) is 10.9. The number of hydrogen-bond donors (Lipinski definition) is 2. The molecule has 4 aromatic rings. The highest BCUT2D eigenvalue weighted by molar-refractivity contribution is 7.91. The number of aromatic hydroxyl groups is 2. The van der Waals surface area contributed by atoms with Gasteiger partial charge in [0, 0.05) is 22.5 Å². The Bertz CT molecular complexity index is 1560. The summed E-state index contributed by atoms with van der Waals surface area (Å²) >= 11 is 0. The maximum Gasteiger partial charge on any atom is 0.182 e. The first-order valence-corrected chi connectivity index (χ1v) is 13.5. The molecule has 6 heteroatoms. The molecule has 0 aromatic heterocycles. The standard InChI is InChI=1S/C30H27NO4S/c1-3-17-36(34,35)30-16-14-23(33)19-26(30)20-9-15-29-27(18-20)24-7-5-6-8-25(24)28(4-2)31(29)21-10-12-22(32)13-11-21/h3,5-16,18-19,28,32-33H,1,4,17H2,2H3. The Morgan fingerprint density at radius 1 is 0.861 bits per heavy atom. The van der Waals surface area contributed by atoms with Crippen molar-refractivity contribution in [1.82, 2.24) is 0 Å². The van der Waals surface area contributed by atoms with Crippen LogP contribution in [0.25, 0.3) is 22.3 Å².